The van der Waals surface area contributed by atoms with Gasteiger partial charge in [-0.25, -0.2) is 13.2 Å². The van der Waals surface area contributed by atoms with Crippen molar-refractivity contribution in [2.45, 2.75) is 19.6 Å². The molecule has 1 unspecified atom stereocenters. The van der Waals surface area contributed by atoms with Gasteiger partial charge in [0.15, 0.2) is 23.6 Å². The summed E-state index contributed by atoms with van der Waals surface area (Å²) in [5.41, 5.74) is -2.00. The number of halogens is 3. The van der Waals surface area contributed by atoms with Gasteiger partial charge < -0.3 is 15.0 Å². The van der Waals surface area contributed by atoms with Gasteiger partial charge in [-0.3, -0.25) is 23.7 Å². The summed E-state index contributed by atoms with van der Waals surface area (Å²) in [7, 11) is 0. The second kappa shape index (κ2) is 8.23. The molecule has 2 N–H and O–H groups in total. The zero-order valence-electron chi connectivity index (χ0n) is 15.4. The van der Waals surface area contributed by atoms with E-state index < -0.39 is 58.8 Å². The molecule has 0 saturated carbocycles. The number of amides is 1. The van der Waals surface area contributed by atoms with Crippen LogP contribution < -0.4 is 16.4 Å². The first-order valence-corrected chi connectivity index (χ1v) is 8.54. The molecule has 156 valence electrons. The summed E-state index contributed by atoms with van der Waals surface area (Å²) in [4.78, 5) is 50.5. The number of H-pyrrole nitrogens is 1. The lowest BCUT2D eigenvalue weighted by molar-refractivity contribution is -0.153. The molecule has 30 heavy (non-hydrogen) atoms. The maximum atomic E-state index is 13.7. The lowest BCUT2D eigenvalue weighted by Crippen LogP contribution is -2.39. The Bertz CT molecular complexity index is 1270. The van der Waals surface area contributed by atoms with E-state index in [1.807, 2.05) is 5.32 Å². The Morgan fingerprint density at radius 2 is 1.80 bits per heavy atom. The number of para-hydroxylation sites is 2. The molecule has 0 aliphatic heterocycles. The minimum Gasteiger partial charge on any atom is -0.451 e. The lowest BCUT2D eigenvalue weighted by Gasteiger charge is -2.15. The highest BCUT2D eigenvalue weighted by atomic mass is 19.2. The van der Waals surface area contributed by atoms with E-state index in [4.69, 9.17) is 4.74 Å². The van der Waals surface area contributed by atoms with Crippen molar-refractivity contribution in [2.24, 2.45) is 0 Å². The summed E-state index contributed by atoms with van der Waals surface area (Å²) >= 11 is 0. The number of hydrogen-bond acceptors (Lipinski definition) is 5. The van der Waals surface area contributed by atoms with E-state index in [1.165, 1.54) is 12.1 Å². The first kappa shape index (κ1) is 20.8. The molecule has 2 aromatic carbocycles. The van der Waals surface area contributed by atoms with Gasteiger partial charge in [-0.1, -0.05) is 12.1 Å². The van der Waals surface area contributed by atoms with Gasteiger partial charge in [0.2, 0.25) is 0 Å². The fraction of sp³-hybridized carbons (Fsp3) is 0.158. The molecule has 11 heteroatoms. The number of hydrogen-bond donors (Lipinski definition) is 2. The number of aromatic nitrogens is 2. The Morgan fingerprint density at radius 3 is 2.53 bits per heavy atom. The number of nitrogens with one attached hydrogen (secondary N) is 2. The molecule has 0 saturated heterocycles. The zero-order valence-corrected chi connectivity index (χ0v) is 15.4. The fourth-order valence-electron chi connectivity index (χ4n) is 2.65. The summed E-state index contributed by atoms with van der Waals surface area (Å²) in [5, 5.41) is 1.98. The first-order valence-electron chi connectivity index (χ1n) is 8.54. The smallest absolute Gasteiger partial charge is 0.326 e. The van der Waals surface area contributed by atoms with E-state index in [0.29, 0.717) is 11.6 Å². The minimum absolute atomic E-state index is 0.264. The van der Waals surface area contributed by atoms with Crippen molar-refractivity contribution in [3.05, 3.63) is 74.6 Å². The van der Waals surface area contributed by atoms with Gasteiger partial charge in [-0.05, 0) is 31.2 Å². The van der Waals surface area contributed by atoms with Crippen LogP contribution in [0.15, 0.2) is 46.0 Å². The van der Waals surface area contributed by atoms with Crippen molar-refractivity contribution in [1.29, 1.82) is 0 Å². The second-order valence-electron chi connectivity index (χ2n) is 6.21. The van der Waals surface area contributed by atoms with Gasteiger partial charge in [0, 0.05) is 0 Å². The van der Waals surface area contributed by atoms with Crippen molar-refractivity contribution >= 4 is 28.6 Å². The van der Waals surface area contributed by atoms with Crippen molar-refractivity contribution < 1.29 is 27.5 Å². The molecule has 1 atom stereocenters. The van der Waals surface area contributed by atoms with Crippen LogP contribution in [-0.2, 0) is 20.9 Å². The number of ether oxygens (including phenoxy) is 1. The van der Waals surface area contributed by atoms with Crippen molar-refractivity contribution in [3.63, 3.8) is 0 Å². The van der Waals surface area contributed by atoms with Crippen LogP contribution >= 0.6 is 0 Å². The topological polar surface area (TPSA) is 110 Å². The number of carbonyl (C=O) groups is 2. The first-order chi connectivity index (χ1) is 14.2. The number of nitrogens with zero attached hydrogens (tertiary/aromatic N) is 1. The summed E-state index contributed by atoms with van der Waals surface area (Å²) in [6.45, 7) is 0.490. The number of rotatable bonds is 5. The average molecular weight is 421 g/mol. The number of carbonyl (C=O) groups excluding carboxylic acids is 2. The highest BCUT2D eigenvalue weighted by Gasteiger charge is 2.22. The normalized spacial score (nSPS) is 11.9. The Morgan fingerprint density at radius 1 is 1.10 bits per heavy atom. The molecule has 1 heterocycles. The van der Waals surface area contributed by atoms with Crippen LogP contribution in [0.1, 0.15) is 6.92 Å². The van der Waals surface area contributed by atoms with Crippen LogP contribution in [0.2, 0.25) is 0 Å². The van der Waals surface area contributed by atoms with Crippen LogP contribution in [0, 0.1) is 17.5 Å². The third-order valence-corrected chi connectivity index (χ3v) is 4.14. The van der Waals surface area contributed by atoms with Gasteiger partial charge in [0.1, 0.15) is 6.54 Å². The van der Waals surface area contributed by atoms with Gasteiger partial charge >= 0.3 is 17.1 Å². The van der Waals surface area contributed by atoms with E-state index in [2.05, 4.69) is 4.98 Å². The quantitative estimate of drug-likeness (QED) is 0.370. The lowest BCUT2D eigenvalue weighted by atomic mass is 10.2. The van der Waals surface area contributed by atoms with Gasteiger partial charge in [0.25, 0.3) is 5.91 Å². The van der Waals surface area contributed by atoms with E-state index in [-0.39, 0.29) is 5.52 Å². The molecule has 3 rings (SSSR count). The minimum atomic E-state index is -1.77. The van der Waals surface area contributed by atoms with Crippen molar-refractivity contribution in [3.8, 4) is 0 Å². The molecule has 1 aromatic heterocycles. The molecule has 1 amide bonds. The Labute approximate surface area is 165 Å². The number of aromatic amines is 1. The summed E-state index contributed by atoms with van der Waals surface area (Å²) in [5.74, 6) is -6.85. The SMILES string of the molecule is CC(OC(=O)Cn1c(=O)c(=O)[nH]c2ccccc21)C(=O)Nc1ccc(F)c(F)c1F. The maximum Gasteiger partial charge on any atom is 0.326 e. The predicted molar refractivity (Wildman–Crippen MR) is 99.3 cm³/mol. The van der Waals surface area contributed by atoms with Gasteiger partial charge in [-0.2, -0.15) is 0 Å². The van der Waals surface area contributed by atoms with Crippen molar-refractivity contribution in [1.82, 2.24) is 9.55 Å². The molecule has 0 radical (unpaired) electrons. The molecule has 8 nitrogen and oxygen atoms in total. The Hall–Kier alpha value is -3.89. The average Bonchev–Trinajstić information content (AvgIpc) is 2.71. The van der Waals surface area contributed by atoms with E-state index in [0.717, 1.165) is 17.6 Å². The highest BCUT2D eigenvalue weighted by Crippen LogP contribution is 2.20. The summed E-state index contributed by atoms with van der Waals surface area (Å²) in [6.07, 6.45) is -1.46. The molecular formula is C19H14F3N3O5. The zero-order chi connectivity index (χ0) is 22.0. The predicted octanol–water partition coefficient (Wildman–Crippen LogP) is 1.68. The molecule has 0 aliphatic carbocycles. The largest absolute Gasteiger partial charge is 0.451 e. The highest BCUT2D eigenvalue weighted by molar-refractivity contribution is 5.95. The molecular weight excluding hydrogens is 407 g/mol. The summed E-state index contributed by atoms with van der Waals surface area (Å²) in [6, 6.07) is 7.67. The molecule has 0 aliphatic rings. The number of fused-ring (bicyclic) bond motifs is 1. The second-order valence-corrected chi connectivity index (χ2v) is 6.21. The van der Waals surface area contributed by atoms with Crippen LogP contribution in [0.3, 0.4) is 0 Å². The monoisotopic (exact) mass is 421 g/mol. The van der Waals surface area contributed by atoms with Crippen LogP contribution in [-0.4, -0.2) is 27.5 Å². The van der Waals surface area contributed by atoms with Crippen LogP contribution in [0.5, 0.6) is 0 Å². The molecule has 0 spiro atoms. The van der Waals surface area contributed by atoms with E-state index >= 15 is 0 Å². The fourth-order valence-corrected chi connectivity index (χ4v) is 2.65. The number of anilines is 1. The van der Waals surface area contributed by atoms with Gasteiger partial charge in [-0.15, -0.1) is 0 Å². The van der Waals surface area contributed by atoms with E-state index in [1.54, 1.807) is 12.1 Å². The Balaban J connectivity index is 1.74. The Kier molecular flexibility index (Phi) is 5.72. The third-order valence-electron chi connectivity index (χ3n) is 4.14. The third kappa shape index (κ3) is 4.09. The van der Waals surface area contributed by atoms with Crippen LogP contribution in [0.4, 0.5) is 18.9 Å². The van der Waals surface area contributed by atoms with Gasteiger partial charge in [0.05, 0.1) is 16.7 Å². The van der Waals surface area contributed by atoms with E-state index in [9.17, 15) is 32.3 Å². The molecule has 0 fully saturated rings. The number of benzene rings is 2. The molecule has 3 aromatic rings. The molecule has 0 bridgehead atoms. The number of esters is 1. The summed E-state index contributed by atoms with van der Waals surface area (Å²) < 4.78 is 45.7. The maximum absolute atomic E-state index is 13.7. The van der Waals surface area contributed by atoms with Crippen molar-refractivity contribution in [2.75, 3.05) is 5.32 Å². The standard InChI is InChI=1S/C19H14F3N3O5/c1-9(17(27)24-12-7-6-10(20)15(21)16(12)22)30-14(26)8-25-13-5-3-2-4-11(13)23-18(28)19(25)29/h2-7,9H,8H2,1H3,(H,23,28)(H,24,27). The van der Waals surface area contributed by atoms with Crippen LogP contribution in [0.25, 0.3) is 11.0 Å².